The zero-order valence-corrected chi connectivity index (χ0v) is 17.2. The number of aromatic nitrogens is 1. The Hall–Kier alpha value is -2.96. The maximum atomic E-state index is 12.8. The molecule has 1 aromatic carbocycles. The van der Waals surface area contributed by atoms with Gasteiger partial charge in [-0.15, -0.1) is 0 Å². The van der Waals surface area contributed by atoms with Gasteiger partial charge in [0.05, 0.1) is 11.1 Å². The van der Waals surface area contributed by atoms with Crippen molar-refractivity contribution in [2.45, 2.75) is 57.9 Å². The van der Waals surface area contributed by atoms with Crippen LogP contribution in [0, 0.1) is 5.92 Å². The van der Waals surface area contributed by atoms with Crippen LogP contribution in [0.3, 0.4) is 0 Å². The molecule has 4 rings (SSSR count). The van der Waals surface area contributed by atoms with Crippen LogP contribution in [-0.4, -0.2) is 35.5 Å². The summed E-state index contributed by atoms with van der Waals surface area (Å²) in [6, 6.07) is 6.98. The molecule has 0 saturated heterocycles. The van der Waals surface area contributed by atoms with Gasteiger partial charge in [-0.05, 0) is 49.7 Å². The van der Waals surface area contributed by atoms with Crippen molar-refractivity contribution >= 4 is 28.8 Å². The van der Waals surface area contributed by atoms with Crippen molar-refractivity contribution in [2.75, 3.05) is 6.61 Å². The number of imide groups is 1. The van der Waals surface area contributed by atoms with Crippen molar-refractivity contribution in [3.05, 3.63) is 41.1 Å². The molecule has 1 saturated carbocycles. The molecule has 1 fully saturated rings. The molecule has 0 aliphatic heterocycles. The van der Waals surface area contributed by atoms with Crippen molar-refractivity contribution in [1.29, 1.82) is 0 Å². The van der Waals surface area contributed by atoms with Gasteiger partial charge in [0.1, 0.15) is 0 Å². The van der Waals surface area contributed by atoms with Gasteiger partial charge < -0.3 is 10.1 Å². The maximum absolute atomic E-state index is 12.8. The summed E-state index contributed by atoms with van der Waals surface area (Å²) in [6.45, 7) is 1.60. The van der Waals surface area contributed by atoms with E-state index in [0.29, 0.717) is 11.5 Å². The third-order valence-electron chi connectivity index (χ3n) is 6.14. The van der Waals surface area contributed by atoms with E-state index in [1.165, 1.54) is 6.42 Å². The van der Waals surface area contributed by atoms with Gasteiger partial charge >= 0.3 is 12.0 Å². The van der Waals surface area contributed by atoms with E-state index < -0.39 is 24.5 Å². The molecule has 0 spiro atoms. The minimum absolute atomic E-state index is 0.0693. The highest BCUT2D eigenvalue weighted by atomic mass is 16.5. The molecule has 7 heteroatoms. The molecule has 2 N–H and O–H groups in total. The fraction of sp³-hybridized carbons (Fsp3) is 0.478. The molecule has 0 radical (unpaired) electrons. The number of para-hydroxylation sites is 1. The third kappa shape index (κ3) is 4.30. The van der Waals surface area contributed by atoms with E-state index in [-0.39, 0.29) is 6.04 Å². The number of aryl methyl sites for hydroxylation is 1. The fourth-order valence-electron chi connectivity index (χ4n) is 4.55. The first-order valence-corrected chi connectivity index (χ1v) is 10.7. The molecule has 0 unspecified atom stereocenters. The highest BCUT2D eigenvalue weighted by Crippen LogP contribution is 2.30. The summed E-state index contributed by atoms with van der Waals surface area (Å²) in [5, 5.41) is 5.85. The molecule has 1 aromatic heterocycles. The number of pyridine rings is 1. The Morgan fingerprint density at radius 2 is 1.90 bits per heavy atom. The largest absolute Gasteiger partial charge is 0.452 e. The Morgan fingerprint density at radius 1 is 1.10 bits per heavy atom. The number of carbonyl (C=O) groups is 3. The van der Waals surface area contributed by atoms with E-state index >= 15 is 0 Å². The lowest BCUT2D eigenvalue weighted by atomic mass is 9.86. The van der Waals surface area contributed by atoms with E-state index in [4.69, 9.17) is 4.74 Å². The molecule has 158 valence electrons. The van der Waals surface area contributed by atoms with Crippen LogP contribution in [-0.2, 0) is 22.4 Å². The van der Waals surface area contributed by atoms with Crippen molar-refractivity contribution in [3.63, 3.8) is 0 Å². The Labute approximate surface area is 175 Å². The number of hydrogen-bond acceptors (Lipinski definition) is 5. The second-order valence-corrected chi connectivity index (χ2v) is 8.25. The standard InChI is InChI=1S/C23H27N3O4/c1-14-7-2-4-10-17(14)25-23(29)26-20(27)13-30-22(28)21-15-8-3-5-11-18(15)24-19-12-6-9-16(19)21/h3,5,8,11,14,17H,2,4,6-7,9-10,12-13H2,1H3,(H2,25,26,27,29)/t14-,17+/m0/s1. The molecule has 2 atom stereocenters. The molecule has 1 heterocycles. The summed E-state index contributed by atoms with van der Waals surface area (Å²) in [7, 11) is 0. The highest BCUT2D eigenvalue weighted by molar-refractivity contribution is 6.06. The fourth-order valence-corrected chi connectivity index (χ4v) is 4.55. The second-order valence-electron chi connectivity index (χ2n) is 8.25. The predicted molar refractivity (Wildman–Crippen MR) is 112 cm³/mol. The number of nitrogens with zero attached hydrogens (tertiary/aromatic N) is 1. The summed E-state index contributed by atoms with van der Waals surface area (Å²) < 4.78 is 5.28. The number of esters is 1. The summed E-state index contributed by atoms with van der Waals surface area (Å²) in [5.41, 5.74) is 3.06. The van der Waals surface area contributed by atoms with Crippen molar-refractivity contribution < 1.29 is 19.1 Å². The van der Waals surface area contributed by atoms with E-state index in [1.54, 1.807) is 0 Å². The van der Waals surface area contributed by atoms with Gasteiger partial charge in [0.25, 0.3) is 5.91 Å². The lowest BCUT2D eigenvalue weighted by Crippen LogP contribution is -2.48. The quantitative estimate of drug-likeness (QED) is 0.756. The number of ether oxygens (including phenoxy) is 1. The predicted octanol–water partition coefficient (Wildman–Crippen LogP) is 3.28. The number of fused-ring (bicyclic) bond motifs is 2. The van der Waals surface area contributed by atoms with Crippen LogP contribution in [0.1, 0.15) is 60.6 Å². The molecule has 30 heavy (non-hydrogen) atoms. The average Bonchev–Trinajstić information content (AvgIpc) is 3.19. The van der Waals surface area contributed by atoms with E-state index in [9.17, 15) is 14.4 Å². The number of nitrogens with one attached hydrogen (secondary N) is 2. The first kappa shape index (κ1) is 20.3. The summed E-state index contributed by atoms with van der Waals surface area (Å²) in [6.07, 6.45) is 6.78. The Kier molecular flexibility index (Phi) is 5.97. The Morgan fingerprint density at radius 3 is 2.73 bits per heavy atom. The summed E-state index contributed by atoms with van der Waals surface area (Å²) >= 11 is 0. The molecule has 7 nitrogen and oxygen atoms in total. The first-order valence-electron chi connectivity index (χ1n) is 10.7. The Balaban J connectivity index is 1.38. The van der Waals surface area contributed by atoms with E-state index in [1.807, 2.05) is 24.3 Å². The van der Waals surface area contributed by atoms with Crippen LogP contribution in [0.4, 0.5) is 4.79 Å². The smallest absolute Gasteiger partial charge is 0.339 e. The zero-order chi connectivity index (χ0) is 21.1. The van der Waals surface area contributed by atoms with Gasteiger partial charge in [-0.1, -0.05) is 38.0 Å². The minimum atomic E-state index is -0.640. The molecule has 0 bridgehead atoms. The van der Waals surface area contributed by atoms with Crippen LogP contribution in [0.2, 0.25) is 0 Å². The molecule has 2 aromatic rings. The van der Waals surface area contributed by atoms with Crippen LogP contribution in [0.25, 0.3) is 10.9 Å². The normalized spacial score (nSPS) is 20.4. The Bertz CT molecular complexity index is 988. The van der Waals surface area contributed by atoms with Gasteiger partial charge in [0.2, 0.25) is 0 Å². The number of benzene rings is 1. The zero-order valence-electron chi connectivity index (χ0n) is 17.2. The van der Waals surface area contributed by atoms with Gasteiger partial charge in [0.15, 0.2) is 6.61 Å². The van der Waals surface area contributed by atoms with Crippen LogP contribution >= 0.6 is 0 Å². The average molecular weight is 409 g/mol. The van der Waals surface area contributed by atoms with E-state index in [0.717, 1.165) is 60.7 Å². The van der Waals surface area contributed by atoms with Gasteiger partial charge in [-0.25, -0.2) is 9.59 Å². The monoisotopic (exact) mass is 409 g/mol. The van der Waals surface area contributed by atoms with E-state index in [2.05, 4.69) is 22.5 Å². The second kappa shape index (κ2) is 8.81. The number of hydrogen-bond donors (Lipinski definition) is 2. The molecule has 2 aliphatic rings. The van der Waals surface area contributed by atoms with Gasteiger partial charge in [-0.3, -0.25) is 15.1 Å². The van der Waals surface area contributed by atoms with Crippen molar-refractivity contribution in [3.8, 4) is 0 Å². The molecular weight excluding hydrogens is 382 g/mol. The first-order chi connectivity index (χ1) is 14.5. The van der Waals surface area contributed by atoms with Crippen LogP contribution in [0.15, 0.2) is 24.3 Å². The minimum Gasteiger partial charge on any atom is -0.452 e. The SMILES string of the molecule is C[C@H]1CCCC[C@H]1NC(=O)NC(=O)COC(=O)c1c2c(nc3ccccc13)CCC2. The van der Waals surface area contributed by atoms with Crippen molar-refractivity contribution in [2.24, 2.45) is 5.92 Å². The third-order valence-corrected chi connectivity index (χ3v) is 6.14. The summed E-state index contributed by atoms with van der Waals surface area (Å²) in [5.74, 6) is -0.804. The molecular formula is C23H27N3O4. The molecule has 2 aliphatic carbocycles. The van der Waals surface area contributed by atoms with Crippen LogP contribution in [0.5, 0.6) is 0 Å². The number of amides is 3. The van der Waals surface area contributed by atoms with Gasteiger partial charge in [-0.2, -0.15) is 0 Å². The van der Waals surface area contributed by atoms with Crippen molar-refractivity contribution in [1.82, 2.24) is 15.6 Å². The lowest BCUT2D eigenvalue weighted by molar-refractivity contribution is -0.123. The molecule has 3 amide bonds. The maximum Gasteiger partial charge on any atom is 0.339 e. The lowest BCUT2D eigenvalue weighted by Gasteiger charge is -2.29. The number of rotatable bonds is 4. The van der Waals surface area contributed by atoms with Gasteiger partial charge in [0, 0.05) is 17.1 Å². The summed E-state index contributed by atoms with van der Waals surface area (Å²) in [4.78, 5) is 41.8. The number of urea groups is 1. The van der Waals surface area contributed by atoms with Crippen LogP contribution < -0.4 is 10.6 Å². The number of carbonyl (C=O) groups excluding carboxylic acids is 3. The topological polar surface area (TPSA) is 97.4 Å². The highest BCUT2D eigenvalue weighted by Gasteiger charge is 2.26.